The first-order chi connectivity index (χ1) is 18.7. The summed E-state index contributed by atoms with van der Waals surface area (Å²) < 4.78 is 58.5. The minimum Gasteiger partial charge on any atom is -0.497 e. The Labute approximate surface area is 222 Å². The molecule has 2 N–H and O–H groups in total. The summed E-state index contributed by atoms with van der Waals surface area (Å²) in [5, 5.41) is 11.1. The van der Waals surface area contributed by atoms with Crippen LogP contribution in [0.2, 0.25) is 0 Å². The second kappa shape index (κ2) is 11.8. The molecule has 0 radical (unpaired) electrons. The molecule has 1 aromatic heterocycles. The molecular formula is C28H27F3N4O4. The molecule has 11 heteroatoms. The lowest BCUT2D eigenvalue weighted by Crippen LogP contribution is -2.24. The molecule has 0 saturated heterocycles. The minimum atomic E-state index is -3.16. The monoisotopic (exact) mass is 540 g/mol. The van der Waals surface area contributed by atoms with E-state index in [4.69, 9.17) is 14.9 Å². The van der Waals surface area contributed by atoms with Crippen LogP contribution in [0, 0.1) is 11.2 Å². The van der Waals surface area contributed by atoms with Gasteiger partial charge in [0.25, 0.3) is 5.91 Å². The van der Waals surface area contributed by atoms with Gasteiger partial charge >= 0.3 is 6.61 Å². The standard InChI is InChI=1S/C28H27F3N4O4/c1-34-6-7-35(28(34)32)16-18-8-19(24-5-4-21(29)13-25(24)39-27(30)31)12-20(9-18)26(36)33-15-17-10-22(37-2)14-23(11-17)38-3/h4-14,27,32H,15-16H2,1-3H3,(H,33,36). The topological polar surface area (TPSA) is 90.5 Å². The summed E-state index contributed by atoms with van der Waals surface area (Å²) in [6.45, 7) is -2.78. The van der Waals surface area contributed by atoms with E-state index in [-0.39, 0.29) is 35.6 Å². The smallest absolute Gasteiger partial charge is 0.387 e. The number of hydrogen-bond acceptors (Lipinski definition) is 5. The summed E-state index contributed by atoms with van der Waals surface area (Å²) in [4.78, 5) is 13.3. The van der Waals surface area contributed by atoms with E-state index in [9.17, 15) is 18.0 Å². The molecule has 1 amide bonds. The lowest BCUT2D eigenvalue weighted by molar-refractivity contribution is -0.0496. The highest BCUT2D eigenvalue weighted by Crippen LogP contribution is 2.33. The summed E-state index contributed by atoms with van der Waals surface area (Å²) in [5.41, 5.74) is 2.39. The number of carbonyl (C=O) groups is 1. The third-order valence-corrected chi connectivity index (χ3v) is 6.02. The van der Waals surface area contributed by atoms with Crippen LogP contribution in [0.3, 0.4) is 0 Å². The SMILES string of the molecule is COc1cc(CNC(=O)c2cc(Cn3ccn(C)c3=N)cc(-c3ccc(F)cc3OC(F)F)c2)cc(OC)c1. The van der Waals surface area contributed by atoms with E-state index in [1.54, 1.807) is 58.9 Å². The van der Waals surface area contributed by atoms with Crippen molar-refractivity contribution in [2.45, 2.75) is 19.7 Å². The summed E-state index contributed by atoms with van der Waals surface area (Å²) in [6, 6.07) is 13.4. The fourth-order valence-corrected chi connectivity index (χ4v) is 4.10. The van der Waals surface area contributed by atoms with Crippen molar-refractivity contribution in [3.63, 3.8) is 0 Å². The first-order valence-electron chi connectivity index (χ1n) is 11.8. The van der Waals surface area contributed by atoms with E-state index < -0.39 is 18.3 Å². The number of alkyl halides is 2. The quantitative estimate of drug-likeness (QED) is 0.305. The van der Waals surface area contributed by atoms with Crippen LogP contribution >= 0.6 is 0 Å². The zero-order chi connectivity index (χ0) is 28.1. The van der Waals surface area contributed by atoms with Crippen LogP contribution in [0.25, 0.3) is 11.1 Å². The molecule has 0 fully saturated rings. The van der Waals surface area contributed by atoms with Gasteiger partial charge < -0.3 is 28.7 Å². The minimum absolute atomic E-state index is 0.159. The average molecular weight is 541 g/mol. The Balaban J connectivity index is 1.71. The van der Waals surface area contributed by atoms with Gasteiger partial charge in [0.15, 0.2) is 0 Å². The molecule has 0 aliphatic carbocycles. The maximum absolute atomic E-state index is 13.9. The molecule has 3 aromatic carbocycles. The number of carbonyl (C=O) groups excluding carboxylic acids is 1. The third kappa shape index (κ3) is 6.61. The number of aryl methyl sites for hydroxylation is 1. The van der Waals surface area contributed by atoms with Gasteiger partial charge in [0.1, 0.15) is 23.1 Å². The molecule has 1 heterocycles. The highest BCUT2D eigenvalue weighted by molar-refractivity contribution is 5.96. The van der Waals surface area contributed by atoms with Crippen molar-refractivity contribution in [3.8, 4) is 28.4 Å². The predicted octanol–water partition coefficient (Wildman–Crippen LogP) is 4.71. The molecule has 204 valence electrons. The zero-order valence-electron chi connectivity index (χ0n) is 21.5. The Morgan fingerprint density at radius 1 is 0.974 bits per heavy atom. The molecule has 4 rings (SSSR count). The number of methoxy groups -OCH3 is 2. The van der Waals surface area contributed by atoms with Gasteiger partial charge in [-0.15, -0.1) is 0 Å². The molecule has 0 aliphatic heterocycles. The van der Waals surface area contributed by atoms with E-state index in [0.717, 1.165) is 17.7 Å². The van der Waals surface area contributed by atoms with Gasteiger partial charge in [0.2, 0.25) is 5.62 Å². The summed E-state index contributed by atoms with van der Waals surface area (Å²) >= 11 is 0. The molecule has 39 heavy (non-hydrogen) atoms. The van der Waals surface area contributed by atoms with Crippen molar-refractivity contribution in [1.29, 1.82) is 5.41 Å². The van der Waals surface area contributed by atoms with Crippen molar-refractivity contribution < 1.29 is 32.2 Å². The molecule has 0 bridgehead atoms. The Kier molecular flexibility index (Phi) is 8.28. The van der Waals surface area contributed by atoms with Gasteiger partial charge in [-0.2, -0.15) is 8.78 Å². The van der Waals surface area contributed by atoms with Gasteiger partial charge in [0.05, 0.1) is 20.8 Å². The number of hydrogen-bond donors (Lipinski definition) is 2. The van der Waals surface area contributed by atoms with E-state index in [0.29, 0.717) is 22.6 Å². The van der Waals surface area contributed by atoms with Crippen LogP contribution in [0.5, 0.6) is 17.2 Å². The Bertz CT molecular complexity index is 1530. The molecule has 4 aromatic rings. The fourth-order valence-electron chi connectivity index (χ4n) is 4.10. The Hall–Kier alpha value is -4.67. The number of benzene rings is 3. The second-order valence-corrected chi connectivity index (χ2v) is 8.70. The summed E-state index contributed by atoms with van der Waals surface area (Å²) in [6.07, 6.45) is 3.44. The highest BCUT2D eigenvalue weighted by atomic mass is 19.3. The van der Waals surface area contributed by atoms with Crippen LogP contribution in [-0.2, 0) is 20.1 Å². The lowest BCUT2D eigenvalue weighted by atomic mass is 9.98. The van der Waals surface area contributed by atoms with Crippen LogP contribution in [0.15, 0.2) is 67.0 Å². The van der Waals surface area contributed by atoms with E-state index in [2.05, 4.69) is 10.1 Å². The van der Waals surface area contributed by atoms with Crippen molar-refractivity contribution in [2.24, 2.45) is 7.05 Å². The predicted molar refractivity (Wildman–Crippen MR) is 138 cm³/mol. The Morgan fingerprint density at radius 3 is 2.31 bits per heavy atom. The van der Waals surface area contributed by atoms with Crippen LogP contribution in [0.1, 0.15) is 21.5 Å². The maximum atomic E-state index is 13.9. The Morgan fingerprint density at radius 2 is 1.69 bits per heavy atom. The molecule has 0 saturated carbocycles. The van der Waals surface area contributed by atoms with Gasteiger partial charge in [-0.25, -0.2) is 4.39 Å². The number of halogens is 3. The lowest BCUT2D eigenvalue weighted by Gasteiger charge is -2.15. The van der Waals surface area contributed by atoms with Gasteiger partial charge in [-0.1, -0.05) is 0 Å². The molecule has 0 atom stereocenters. The molecule has 0 spiro atoms. The zero-order valence-corrected chi connectivity index (χ0v) is 21.5. The van der Waals surface area contributed by atoms with Crippen LogP contribution < -0.4 is 25.1 Å². The molecule has 0 aliphatic rings. The van der Waals surface area contributed by atoms with Crippen molar-refractivity contribution in [3.05, 3.63) is 95.1 Å². The van der Waals surface area contributed by atoms with E-state index in [1.165, 1.54) is 26.4 Å². The van der Waals surface area contributed by atoms with Gasteiger partial charge in [0, 0.05) is 49.2 Å². The third-order valence-electron chi connectivity index (χ3n) is 6.02. The normalized spacial score (nSPS) is 10.9. The molecular weight excluding hydrogens is 513 g/mol. The highest BCUT2D eigenvalue weighted by Gasteiger charge is 2.17. The first-order valence-corrected chi connectivity index (χ1v) is 11.8. The number of nitrogens with zero attached hydrogens (tertiary/aromatic N) is 2. The van der Waals surface area contributed by atoms with E-state index in [1.807, 2.05) is 0 Å². The molecule has 8 nitrogen and oxygen atoms in total. The number of imidazole rings is 1. The average Bonchev–Trinajstić information content (AvgIpc) is 3.23. The second-order valence-electron chi connectivity index (χ2n) is 8.70. The van der Waals surface area contributed by atoms with Gasteiger partial charge in [-0.05, 0) is 59.2 Å². The van der Waals surface area contributed by atoms with Crippen LogP contribution in [-0.4, -0.2) is 35.9 Å². The van der Waals surface area contributed by atoms with Crippen molar-refractivity contribution in [2.75, 3.05) is 14.2 Å². The number of rotatable bonds is 10. The fraction of sp³-hybridized carbons (Fsp3) is 0.214. The number of amides is 1. The number of ether oxygens (including phenoxy) is 3. The van der Waals surface area contributed by atoms with Crippen molar-refractivity contribution >= 4 is 5.91 Å². The number of aromatic nitrogens is 2. The summed E-state index contributed by atoms with van der Waals surface area (Å²) in [7, 11) is 4.78. The van der Waals surface area contributed by atoms with Gasteiger partial charge in [-0.3, -0.25) is 10.2 Å². The molecule has 0 unspecified atom stereocenters. The largest absolute Gasteiger partial charge is 0.497 e. The van der Waals surface area contributed by atoms with Crippen LogP contribution in [0.4, 0.5) is 13.2 Å². The van der Waals surface area contributed by atoms with Crippen molar-refractivity contribution in [1.82, 2.24) is 14.5 Å². The number of nitrogens with one attached hydrogen (secondary N) is 2. The van der Waals surface area contributed by atoms with E-state index >= 15 is 0 Å². The summed E-state index contributed by atoms with van der Waals surface area (Å²) in [5.74, 6) is -0.391. The first kappa shape index (κ1) is 27.4. The maximum Gasteiger partial charge on any atom is 0.387 e.